The van der Waals surface area contributed by atoms with Crippen LogP contribution in [0.4, 0.5) is 0 Å². The minimum Gasteiger partial charge on any atom is -0.130 e. The van der Waals surface area contributed by atoms with Gasteiger partial charge in [-0.15, -0.1) is 11.8 Å². The predicted molar refractivity (Wildman–Crippen MR) is 65.0 cm³/mol. The first-order valence-electron chi connectivity index (χ1n) is 4.50. The van der Waals surface area contributed by atoms with E-state index in [2.05, 4.69) is 52.7 Å². The summed E-state index contributed by atoms with van der Waals surface area (Å²) in [5.74, 6) is 0. The van der Waals surface area contributed by atoms with Crippen molar-refractivity contribution in [2.45, 2.75) is 27.7 Å². The van der Waals surface area contributed by atoms with E-state index in [0.717, 1.165) is 0 Å². The lowest BCUT2D eigenvalue weighted by Gasteiger charge is -2.20. The van der Waals surface area contributed by atoms with Crippen molar-refractivity contribution in [1.82, 2.24) is 0 Å². The van der Waals surface area contributed by atoms with E-state index in [1.807, 2.05) is 6.08 Å². The van der Waals surface area contributed by atoms with Crippen molar-refractivity contribution in [1.29, 1.82) is 0 Å². The standard InChI is InChI=1S/C12H20S/c1-7-10(12(3,4)5)9-11(8-2)13-6/h7-9H,2H2,1,3-6H3/b10-7+,11-9+. The lowest BCUT2D eigenvalue weighted by atomic mass is 9.86. The van der Waals surface area contributed by atoms with Gasteiger partial charge >= 0.3 is 0 Å². The van der Waals surface area contributed by atoms with Crippen LogP contribution in [0.25, 0.3) is 0 Å². The number of rotatable bonds is 3. The highest BCUT2D eigenvalue weighted by Gasteiger charge is 2.13. The Morgan fingerprint density at radius 2 is 1.85 bits per heavy atom. The average Bonchev–Trinajstić information content (AvgIpc) is 2.04. The molecule has 0 N–H and O–H groups in total. The van der Waals surface area contributed by atoms with E-state index in [-0.39, 0.29) is 5.41 Å². The molecule has 0 aliphatic rings. The topological polar surface area (TPSA) is 0 Å². The van der Waals surface area contributed by atoms with E-state index in [0.29, 0.717) is 0 Å². The summed E-state index contributed by atoms with van der Waals surface area (Å²) in [7, 11) is 0. The summed E-state index contributed by atoms with van der Waals surface area (Å²) in [5, 5.41) is 0. The molecule has 0 nitrogen and oxygen atoms in total. The van der Waals surface area contributed by atoms with Crippen LogP contribution in [0.1, 0.15) is 27.7 Å². The Morgan fingerprint density at radius 1 is 1.31 bits per heavy atom. The summed E-state index contributed by atoms with van der Waals surface area (Å²) < 4.78 is 0. The van der Waals surface area contributed by atoms with Gasteiger partial charge in [0.15, 0.2) is 0 Å². The van der Waals surface area contributed by atoms with Gasteiger partial charge < -0.3 is 0 Å². The summed E-state index contributed by atoms with van der Waals surface area (Å²) in [6.07, 6.45) is 8.35. The Labute approximate surface area is 86.8 Å². The molecular weight excluding hydrogens is 176 g/mol. The van der Waals surface area contributed by atoms with Crippen molar-refractivity contribution >= 4 is 11.8 Å². The maximum atomic E-state index is 3.78. The van der Waals surface area contributed by atoms with E-state index in [4.69, 9.17) is 0 Å². The SMILES string of the molecule is C=C/C(=C\C(=C/C)C(C)(C)C)SC. The molecule has 74 valence electrons. The molecule has 0 heterocycles. The second kappa shape index (κ2) is 5.33. The van der Waals surface area contributed by atoms with E-state index in [1.165, 1.54) is 10.5 Å². The zero-order valence-corrected chi connectivity index (χ0v) is 10.2. The third-order valence-electron chi connectivity index (χ3n) is 1.91. The normalized spacial score (nSPS) is 14.5. The fourth-order valence-corrected chi connectivity index (χ4v) is 1.50. The van der Waals surface area contributed by atoms with Crippen LogP contribution in [0.3, 0.4) is 0 Å². The zero-order chi connectivity index (χ0) is 10.5. The molecular formula is C12H20S. The van der Waals surface area contributed by atoms with Crippen LogP contribution in [0, 0.1) is 5.41 Å². The number of allylic oxidation sites excluding steroid dienone is 4. The monoisotopic (exact) mass is 196 g/mol. The molecule has 0 bridgehead atoms. The van der Waals surface area contributed by atoms with Crippen LogP contribution in [0.2, 0.25) is 0 Å². The highest BCUT2D eigenvalue weighted by Crippen LogP contribution is 2.29. The van der Waals surface area contributed by atoms with Crippen LogP contribution in [-0.2, 0) is 0 Å². The molecule has 0 aromatic carbocycles. The number of hydrogen-bond acceptors (Lipinski definition) is 1. The third kappa shape index (κ3) is 4.37. The molecule has 0 saturated carbocycles. The average molecular weight is 196 g/mol. The van der Waals surface area contributed by atoms with Crippen molar-refractivity contribution in [3.63, 3.8) is 0 Å². The van der Waals surface area contributed by atoms with Gasteiger partial charge in [-0.1, -0.05) is 39.5 Å². The highest BCUT2D eigenvalue weighted by molar-refractivity contribution is 8.02. The van der Waals surface area contributed by atoms with Gasteiger partial charge in [-0.2, -0.15) is 0 Å². The first-order valence-corrected chi connectivity index (χ1v) is 5.73. The zero-order valence-electron chi connectivity index (χ0n) is 9.35. The molecule has 1 heteroatoms. The summed E-state index contributed by atoms with van der Waals surface area (Å²) in [6, 6.07) is 0. The van der Waals surface area contributed by atoms with Gasteiger partial charge in [-0.3, -0.25) is 0 Å². The lowest BCUT2D eigenvalue weighted by Crippen LogP contribution is -2.07. The molecule has 0 radical (unpaired) electrons. The second-order valence-electron chi connectivity index (χ2n) is 3.95. The van der Waals surface area contributed by atoms with Gasteiger partial charge in [-0.25, -0.2) is 0 Å². The molecule has 13 heavy (non-hydrogen) atoms. The Hall–Kier alpha value is -0.430. The highest BCUT2D eigenvalue weighted by atomic mass is 32.2. The molecule has 0 unspecified atom stereocenters. The van der Waals surface area contributed by atoms with Gasteiger partial charge in [0, 0.05) is 4.91 Å². The van der Waals surface area contributed by atoms with E-state index in [9.17, 15) is 0 Å². The van der Waals surface area contributed by atoms with Crippen molar-refractivity contribution in [2.24, 2.45) is 5.41 Å². The minimum absolute atomic E-state index is 0.221. The molecule has 0 amide bonds. The number of hydrogen-bond donors (Lipinski definition) is 0. The molecule has 0 aliphatic heterocycles. The first-order chi connectivity index (χ1) is 5.95. The van der Waals surface area contributed by atoms with E-state index < -0.39 is 0 Å². The van der Waals surface area contributed by atoms with Crippen molar-refractivity contribution in [2.75, 3.05) is 6.26 Å². The maximum Gasteiger partial charge on any atom is 0.00660 e. The molecule has 0 fully saturated rings. The molecule has 0 atom stereocenters. The van der Waals surface area contributed by atoms with Gasteiger partial charge in [0.1, 0.15) is 0 Å². The van der Waals surface area contributed by atoms with Crippen LogP contribution in [0.5, 0.6) is 0 Å². The van der Waals surface area contributed by atoms with Gasteiger partial charge in [0.25, 0.3) is 0 Å². The van der Waals surface area contributed by atoms with E-state index in [1.54, 1.807) is 11.8 Å². The largest absolute Gasteiger partial charge is 0.130 e. The van der Waals surface area contributed by atoms with Gasteiger partial charge in [0.05, 0.1) is 0 Å². The smallest absolute Gasteiger partial charge is 0.00660 e. The first kappa shape index (κ1) is 12.6. The Balaban J connectivity index is 4.84. The summed E-state index contributed by atoms with van der Waals surface area (Å²) >= 11 is 1.73. The molecule has 0 aromatic rings. The van der Waals surface area contributed by atoms with Crippen molar-refractivity contribution in [3.8, 4) is 0 Å². The Morgan fingerprint density at radius 3 is 2.08 bits per heavy atom. The van der Waals surface area contributed by atoms with Crippen LogP contribution in [0.15, 0.2) is 35.3 Å². The van der Waals surface area contributed by atoms with Gasteiger partial charge in [0.2, 0.25) is 0 Å². The quantitative estimate of drug-likeness (QED) is 0.602. The summed E-state index contributed by atoms with van der Waals surface area (Å²) in [6.45, 7) is 12.5. The van der Waals surface area contributed by atoms with Crippen molar-refractivity contribution in [3.05, 3.63) is 35.3 Å². The second-order valence-corrected chi connectivity index (χ2v) is 4.83. The van der Waals surface area contributed by atoms with Crippen LogP contribution < -0.4 is 0 Å². The Bertz CT molecular complexity index is 226. The third-order valence-corrected chi connectivity index (χ3v) is 2.67. The summed E-state index contributed by atoms with van der Waals surface area (Å²) in [5.41, 5.74) is 1.58. The Kier molecular flexibility index (Phi) is 5.16. The lowest BCUT2D eigenvalue weighted by molar-refractivity contribution is 0.516. The molecule has 0 rings (SSSR count). The summed E-state index contributed by atoms with van der Waals surface area (Å²) in [4.78, 5) is 1.23. The maximum absolute atomic E-state index is 3.78. The predicted octanol–water partition coefficient (Wildman–Crippen LogP) is 4.41. The van der Waals surface area contributed by atoms with Crippen LogP contribution in [-0.4, -0.2) is 6.26 Å². The fraction of sp³-hybridized carbons (Fsp3) is 0.500. The van der Waals surface area contributed by atoms with E-state index >= 15 is 0 Å². The molecule has 0 aromatic heterocycles. The molecule has 0 spiro atoms. The number of thioether (sulfide) groups is 1. The molecule has 0 saturated heterocycles. The fourth-order valence-electron chi connectivity index (χ4n) is 1.09. The van der Waals surface area contributed by atoms with Crippen molar-refractivity contribution < 1.29 is 0 Å². The van der Waals surface area contributed by atoms with Gasteiger partial charge in [-0.05, 0) is 30.2 Å². The molecule has 0 aliphatic carbocycles. The minimum atomic E-state index is 0.221. The van der Waals surface area contributed by atoms with Crippen LogP contribution >= 0.6 is 11.8 Å².